The van der Waals surface area contributed by atoms with Crippen LogP contribution >= 0.6 is 15.9 Å². The van der Waals surface area contributed by atoms with Crippen molar-refractivity contribution in [3.05, 3.63) is 117 Å². The molecule has 0 aliphatic carbocycles. The van der Waals surface area contributed by atoms with Crippen molar-refractivity contribution >= 4 is 33.5 Å². The zero-order valence-electron chi connectivity index (χ0n) is 18.4. The van der Waals surface area contributed by atoms with Crippen LogP contribution in [0.25, 0.3) is 5.69 Å². The molecule has 0 atom stereocenters. The molecule has 0 unspecified atom stereocenters. The van der Waals surface area contributed by atoms with Gasteiger partial charge in [-0.1, -0.05) is 40.2 Å². The van der Waals surface area contributed by atoms with Gasteiger partial charge >= 0.3 is 0 Å². The zero-order chi connectivity index (χ0) is 24.1. The highest BCUT2D eigenvalue weighted by atomic mass is 79.9. The molecule has 3 aromatic carbocycles. The number of aliphatic imine (C=N–C) groups is 1. The number of imidazole rings is 1. The topological polar surface area (TPSA) is 67.6 Å². The molecular formula is C27H18BrFN4O2. The number of benzene rings is 3. The first kappa shape index (κ1) is 21.6. The van der Waals surface area contributed by atoms with Crippen LogP contribution in [-0.2, 0) is 13.0 Å². The molecule has 6 nitrogen and oxygen atoms in total. The SMILES string of the molecule is O=C1c2ccccc2C(=O)N1CCc1cnc2n1-c1ccc(Br)cc1C(c1ccccc1F)=NC2. The molecule has 0 radical (unpaired) electrons. The number of carbonyl (C=O) groups excluding carboxylic acids is 2. The molecule has 0 saturated carbocycles. The summed E-state index contributed by atoms with van der Waals surface area (Å²) in [5, 5.41) is 0. The number of imide groups is 1. The third kappa shape index (κ3) is 3.52. The summed E-state index contributed by atoms with van der Waals surface area (Å²) >= 11 is 3.53. The normalized spacial score (nSPS) is 14.3. The molecule has 0 saturated heterocycles. The van der Waals surface area contributed by atoms with Gasteiger partial charge in [-0.15, -0.1) is 0 Å². The maximum absolute atomic E-state index is 14.7. The molecule has 2 aliphatic heterocycles. The second kappa shape index (κ2) is 8.39. The molecule has 4 aromatic rings. The van der Waals surface area contributed by atoms with Gasteiger partial charge in [-0.2, -0.15) is 0 Å². The summed E-state index contributed by atoms with van der Waals surface area (Å²) in [5.41, 5.74) is 4.26. The number of amides is 2. The van der Waals surface area contributed by atoms with Crippen LogP contribution in [0.3, 0.4) is 0 Å². The average Bonchev–Trinajstić information content (AvgIpc) is 3.32. The average molecular weight is 529 g/mol. The van der Waals surface area contributed by atoms with Gasteiger partial charge in [0.2, 0.25) is 0 Å². The van der Waals surface area contributed by atoms with Crippen molar-refractivity contribution in [1.82, 2.24) is 14.5 Å². The van der Waals surface area contributed by atoms with E-state index in [0.717, 1.165) is 21.4 Å². The lowest BCUT2D eigenvalue weighted by atomic mass is 10.00. The molecule has 172 valence electrons. The standard InChI is InChI=1S/C27H18BrFN4O2/c28-16-9-10-23-21(13-16)25(20-7-3-4-8-22(20)29)31-15-24-30-14-17(33(23)24)11-12-32-26(34)18-5-1-2-6-19(18)27(32)35/h1-10,13-14H,11-12,15H2. The predicted molar refractivity (Wildman–Crippen MR) is 133 cm³/mol. The van der Waals surface area contributed by atoms with E-state index in [-0.39, 0.29) is 30.7 Å². The Kier molecular flexibility index (Phi) is 5.18. The highest BCUT2D eigenvalue weighted by Gasteiger charge is 2.35. The van der Waals surface area contributed by atoms with Crippen LogP contribution in [0.15, 0.2) is 82.4 Å². The Morgan fingerprint density at radius 3 is 2.29 bits per heavy atom. The van der Waals surface area contributed by atoms with E-state index in [4.69, 9.17) is 4.99 Å². The van der Waals surface area contributed by atoms with E-state index in [9.17, 15) is 14.0 Å². The lowest BCUT2D eigenvalue weighted by Crippen LogP contribution is -2.32. The molecule has 35 heavy (non-hydrogen) atoms. The fourth-order valence-corrected chi connectivity index (χ4v) is 5.05. The molecule has 8 heteroatoms. The minimum atomic E-state index is -0.345. The number of hydrogen-bond acceptors (Lipinski definition) is 4. The molecular weight excluding hydrogens is 511 g/mol. The van der Waals surface area contributed by atoms with Crippen LogP contribution in [0.5, 0.6) is 0 Å². The van der Waals surface area contributed by atoms with Crippen LogP contribution in [-0.4, -0.2) is 38.5 Å². The largest absolute Gasteiger partial charge is 0.298 e. The molecule has 2 aliphatic rings. The monoisotopic (exact) mass is 528 g/mol. The van der Waals surface area contributed by atoms with Crippen molar-refractivity contribution < 1.29 is 14.0 Å². The summed E-state index contributed by atoms with van der Waals surface area (Å²) in [4.78, 5) is 36.2. The smallest absolute Gasteiger partial charge is 0.261 e. The Morgan fingerprint density at radius 2 is 1.57 bits per heavy atom. The van der Waals surface area contributed by atoms with E-state index in [0.29, 0.717) is 34.6 Å². The maximum atomic E-state index is 14.7. The van der Waals surface area contributed by atoms with E-state index in [1.54, 1.807) is 48.7 Å². The van der Waals surface area contributed by atoms with Crippen molar-refractivity contribution in [2.75, 3.05) is 6.54 Å². The first-order valence-electron chi connectivity index (χ1n) is 11.1. The van der Waals surface area contributed by atoms with Crippen LogP contribution in [0.2, 0.25) is 0 Å². The number of rotatable bonds is 4. The lowest BCUT2D eigenvalue weighted by molar-refractivity contribution is 0.0655. The number of aromatic nitrogens is 2. The molecule has 0 fully saturated rings. The van der Waals surface area contributed by atoms with Crippen LogP contribution < -0.4 is 0 Å². The van der Waals surface area contributed by atoms with Crippen molar-refractivity contribution in [2.45, 2.75) is 13.0 Å². The van der Waals surface area contributed by atoms with Crippen molar-refractivity contribution in [1.29, 1.82) is 0 Å². The maximum Gasteiger partial charge on any atom is 0.261 e. The Labute approximate surface area is 208 Å². The highest BCUT2D eigenvalue weighted by molar-refractivity contribution is 9.10. The number of nitrogens with zero attached hydrogens (tertiary/aromatic N) is 4. The van der Waals surface area contributed by atoms with Gasteiger partial charge in [-0.25, -0.2) is 9.37 Å². The summed E-state index contributed by atoms with van der Waals surface area (Å²) in [6, 6.07) is 19.2. The second-order valence-corrected chi connectivity index (χ2v) is 9.28. The number of hydrogen-bond donors (Lipinski definition) is 0. The number of carbonyl (C=O) groups is 2. The summed E-state index contributed by atoms with van der Waals surface area (Å²) < 4.78 is 17.6. The minimum absolute atomic E-state index is 0.227. The molecule has 3 heterocycles. The molecule has 0 spiro atoms. The minimum Gasteiger partial charge on any atom is -0.298 e. The van der Waals surface area contributed by atoms with Crippen LogP contribution in [0.1, 0.15) is 43.4 Å². The molecule has 0 N–H and O–H groups in total. The van der Waals surface area contributed by atoms with E-state index < -0.39 is 0 Å². The van der Waals surface area contributed by atoms with Gasteiger partial charge < -0.3 is 0 Å². The van der Waals surface area contributed by atoms with Crippen molar-refractivity contribution in [2.24, 2.45) is 4.99 Å². The van der Waals surface area contributed by atoms with E-state index in [1.165, 1.54) is 11.0 Å². The quantitative estimate of drug-likeness (QED) is 0.351. The third-order valence-corrected chi connectivity index (χ3v) is 6.83. The molecule has 0 bridgehead atoms. The van der Waals surface area contributed by atoms with Gasteiger partial charge in [0.15, 0.2) is 0 Å². The third-order valence-electron chi connectivity index (χ3n) is 6.34. The van der Waals surface area contributed by atoms with Gasteiger partial charge in [-0.05, 0) is 42.5 Å². The van der Waals surface area contributed by atoms with E-state index in [1.807, 2.05) is 22.8 Å². The van der Waals surface area contributed by atoms with Gasteiger partial charge in [0.1, 0.15) is 11.6 Å². The highest BCUT2D eigenvalue weighted by Crippen LogP contribution is 2.30. The van der Waals surface area contributed by atoms with Gasteiger partial charge in [0.05, 0.1) is 29.1 Å². The Morgan fingerprint density at radius 1 is 0.886 bits per heavy atom. The summed E-state index contributed by atoms with van der Waals surface area (Å²) in [6.45, 7) is 0.493. The van der Waals surface area contributed by atoms with Gasteiger partial charge in [-0.3, -0.25) is 24.0 Å². The van der Waals surface area contributed by atoms with Gasteiger partial charge in [0.25, 0.3) is 11.8 Å². The molecule has 6 rings (SSSR count). The summed E-state index contributed by atoms with van der Waals surface area (Å²) in [6.07, 6.45) is 2.17. The van der Waals surface area contributed by atoms with Gasteiger partial charge in [0, 0.05) is 40.5 Å². The van der Waals surface area contributed by atoms with Crippen LogP contribution in [0.4, 0.5) is 4.39 Å². The summed E-state index contributed by atoms with van der Waals surface area (Å²) in [7, 11) is 0. The zero-order valence-corrected chi connectivity index (χ0v) is 20.0. The number of halogens is 2. The first-order valence-corrected chi connectivity index (χ1v) is 11.9. The molecule has 2 amide bonds. The predicted octanol–water partition coefficient (Wildman–Crippen LogP) is 4.96. The lowest BCUT2D eigenvalue weighted by Gasteiger charge is -2.17. The van der Waals surface area contributed by atoms with E-state index >= 15 is 0 Å². The fraction of sp³-hybridized carbons (Fsp3) is 0.111. The van der Waals surface area contributed by atoms with E-state index in [2.05, 4.69) is 20.9 Å². The van der Waals surface area contributed by atoms with Crippen molar-refractivity contribution in [3.8, 4) is 5.69 Å². The Hall–Kier alpha value is -3.91. The second-order valence-electron chi connectivity index (χ2n) is 8.36. The fourth-order valence-electron chi connectivity index (χ4n) is 4.69. The van der Waals surface area contributed by atoms with Crippen LogP contribution in [0, 0.1) is 5.82 Å². The summed E-state index contributed by atoms with van der Waals surface area (Å²) in [5.74, 6) is -0.203. The Balaban J connectivity index is 1.37. The first-order chi connectivity index (χ1) is 17.0. The number of fused-ring (bicyclic) bond motifs is 4. The molecule has 1 aromatic heterocycles. The Bertz CT molecular complexity index is 1520. The van der Waals surface area contributed by atoms with Crippen molar-refractivity contribution in [3.63, 3.8) is 0 Å².